The number of halogens is 3. The Labute approximate surface area is 99.4 Å². The summed E-state index contributed by atoms with van der Waals surface area (Å²) >= 11 is 0. The fourth-order valence-corrected chi connectivity index (χ4v) is 0.587. The molecule has 0 rings (SSSR count). The molecular weight excluding hydrogens is 232 g/mol. The standard InChI is InChI=1S/C7H19N3.3ClH/c1-5(8)7(4,10)6(2,3)9;;;/h5H,8-10H2,1-4H3;3*1H. The number of hydrogen-bond acceptors (Lipinski definition) is 3. The van der Waals surface area contributed by atoms with E-state index in [1.807, 2.05) is 27.7 Å². The fraction of sp³-hybridized carbons (Fsp3) is 1.00. The van der Waals surface area contributed by atoms with Crippen molar-refractivity contribution >= 4 is 37.2 Å². The van der Waals surface area contributed by atoms with Crippen molar-refractivity contribution in [2.75, 3.05) is 0 Å². The Morgan fingerprint density at radius 1 is 0.923 bits per heavy atom. The van der Waals surface area contributed by atoms with E-state index in [2.05, 4.69) is 0 Å². The Bertz CT molecular complexity index is 121. The molecule has 0 heterocycles. The topological polar surface area (TPSA) is 78.1 Å². The van der Waals surface area contributed by atoms with E-state index in [-0.39, 0.29) is 43.3 Å². The molecule has 2 unspecified atom stereocenters. The molecule has 6 heteroatoms. The highest BCUT2D eigenvalue weighted by atomic mass is 35.5. The van der Waals surface area contributed by atoms with Gasteiger partial charge in [-0.3, -0.25) is 0 Å². The first kappa shape index (κ1) is 23.5. The van der Waals surface area contributed by atoms with Crippen LogP contribution in [0.3, 0.4) is 0 Å². The third-order valence-corrected chi connectivity index (χ3v) is 2.33. The molecule has 0 fully saturated rings. The lowest BCUT2D eigenvalue weighted by Crippen LogP contribution is -2.68. The minimum Gasteiger partial charge on any atom is -0.326 e. The van der Waals surface area contributed by atoms with Gasteiger partial charge in [-0.25, -0.2) is 0 Å². The fourth-order valence-electron chi connectivity index (χ4n) is 0.587. The van der Waals surface area contributed by atoms with Crippen molar-refractivity contribution in [2.45, 2.75) is 44.8 Å². The van der Waals surface area contributed by atoms with Crippen molar-refractivity contribution in [1.29, 1.82) is 0 Å². The van der Waals surface area contributed by atoms with E-state index < -0.39 is 11.1 Å². The van der Waals surface area contributed by atoms with Crippen molar-refractivity contribution in [1.82, 2.24) is 0 Å². The second-order valence-corrected chi connectivity index (χ2v) is 3.79. The largest absolute Gasteiger partial charge is 0.326 e. The first-order valence-corrected chi connectivity index (χ1v) is 3.53. The summed E-state index contributed by atoms with van der Waals surface area (Å²) in [5.74, 6) is 0. The Morgan fingerprint density at radius 3 is 1.15 bits per heavy atom. The van der Waals surface area contributed by atoms with Crippen molar-refractivity contribution in [3.63, 3.8) is 0 Å². The van der Waals surface area contributed by atoms with E-state index in [1.54, 1.807) is 0 Å². The van der Waals surface area contributed by atoms with Crippen molar-refractivity contribution in [3.8, 4) is 0 Å². The zero-order valence-electron chi connectivity index (χ0n) is 8.53. The van der Waals surface area contributed by atoms with Crippen LogP contribution in [-0.4, -0.2) is 17.1 Å². The molecule has 0 aromatic heterocycles. The maximum atomic E-state index is 5.89. The Balaban J connectivity index is -0.000000135. The molecule has 0 amide bonds. The van der Waals surface area contributed by atoms with Gasteiger partial charge in [0.2, 0.25) is 0 Å². The molecule has 3 nitrogen and oxygen atoms in total. The minimum absolute atomic E-state index is 0. The molecule has 0 saturated carbocycles. The molecule has 0 aromatic carbocycles. The highest BCUT2D eigenvalue weighted by Gasteiger charge is 2.37. The van der Waals surface area contributed by atoms with Gasteiger partial charge < -0.3 is 17.2 Å². The van der Waals surface area contributed by atoms with Crippen LogP contribution in [0.25, 0.3) is 0 Å². The zero-order valence-corrected chi connectivity index (χ0v) is 11.0. The first-order valence-electron chi connectivity index (χ1n) is 3.53. The average molecular weight is 255 g/mol. The smallest absolute Gasteiger partial charge is 0.0453 e. The van der Waals surface area contributed by atoms with Crippen LogP contribution in [0.5, 0.6) is 0 Å². The molecular formula is C7H22Cl3N3. The van der Waals surface area contributed by atoms with Gasteiger partial charge >= 0.3 is 0 Å². The van der Waals surface area contributed by atoms with E-state index in [4.69, 9.17) is 17.2 Å². The summed E-state index contributed by atoms with van der Waals surface area (Å²) in [6.45, 7) is 7.51. The Morgan fingerprint density at radius 2 is 1.15 bits per heavy atom. The summed E-state index contributed by atoms with van der Waals surface area (Å²) in [5.41, 5.74) is 16.4. The van der Waals surface area contributed by atoms with Crippen LogP contribution in [0.2, 0.25) is 0 Å². The predicted octanol–water partition coefficient (Wildman–Crippen LogP) is 1.05. The van der Waals surface area contributed by atoms with Gasteiger partial charge in [-0.2, -0.15) is 0 Å². The van der Waals surface area contributed by atoms with E-state index in [0.717, 1.165) is 0 Å². The van der Waals surface area contributed by atoms with Crippen LogP contribution in [0.1, 0.15) is 27.7 Å². The van der Waals surface area contributed by atoms with Crippen molar-refractivity contribution in [3.05, 3.63) is 0 Å². The maximum absolute atomic E-state index is 5.89. The quantitative estimate of drug-likeness (QED) is 0.689. The Hall–Kier alpha value is 0.750. The van der Waals surface area contributed by atoms with Gasteiger partial charge in [-0.05, 0) is 27.7 Å². The summed E-state index contributed by atoms with van der Waals surface area (Å²) < 4.78 is 0. The molecule has 0 aliphatic rings. The molecule has 6 N–H and O–H groups in total. The minimum atomic E-state index is -0.507. The lowest BCUT2D eigenvalue weighted by Gasteiger charge is -2.41. The van der Waals surface area contributed by atoms with E-state index in [0.29, 0.717) is 0 Å². The van der Waals surface area contributed by atoms with Gasteiger partial charge in [0.1, 0.15) is 0 Å². The summed E-state index contributed by atoms with van der Waals surface area (Å²) in [6, 6.07) is -0.0903. The lowest BCUT2D eigenvalue weighted by atomic mass is 9.78. The van der Waals surface area contributed by atoms with Gasteiger partial charge in [0, 0.05) is 17.1 Å². The second-order valence-electron chi connectivity index (χ2n) is 3.79. The molecule has 0 aliphatic carbocycles. The monoisotopic (exact) mass is 253 g/mol. The summed E-state index contributed by atoms with van der Waals surface area (Å²) in [6.07, 6.45) is 0. The Kier molecular flexibility index (Phi) is 12.8. The van der Waals surface area contributed by atoms with Gasteiger partial charge in [-0.1, -0.05) is 0 Å². The van der Waals surface area contributed by atoms with Gasteiger partial charge in [0.05, 0.1) is 0 Å². The molecule has 0 bridgehead atoms. The molecule has 13 heavy (non-hydrogen) atoms. The van der Waals surface area contributed by atoms with Crippen LogP contribution in [-0.2, 0) is 0 Å². The third-order valence-electron chi connectivity index (χ3n) is 2.33. The average Bonchev–Trinajstić information content (AvgIpc) is 1.62. The van der Waals surface area contributed by atoms with Gasteiger partial charge in [-0.15, -0.1) is 37.2 Å². The van der Waals surface area contributed by atoms with Crippen LogP contribution >= 0.6 is 37.2 Å². The van der Waals surface area contributed by atoms with E-state index in [1.165, 1.54) is 0 Å². The van der Waals surface area contributed by atoms with Crippen molar-refractivity contribution < 1.29 is 0 Å². The summed E-state index contributed by atoms with van der Waals surface area (Å²) in [5, 5.41) is 0. The van der Waals surface area contributed by atoms with E-state index >= 15 is 0 Å². The van der Waals surface area contributed by atoms with Gasteiger partial charge in [0.25, 0.3) is 0 Å². The van der Waals surface area contributed by atoms with Gasteiger partial charge in [0.15, 0.2) is 0 Å². The van der Waals surface area contributed by atoms with Crippen LogP contribution < -0.4 is 17.2 Å². The zero-order chi connectivity index (χ0) is 8.58. The maximum Gasteiger partial charge on any atom is 0.0453 e. The second kappa shape index (κ2) is 7.10. The highest BCUT2D eigenvalue weighted by molar-refractivity contribution is 5.86. The number of hydrogen-bond donors (Lipinski definition) is 3. The summed E-state index contributed by atoms with van der Waals surface area (Å²) in [4.78, 5) is 0. The predicted molar refractivity (Wildman–Crippen MR) is 66.3 cm³/mol. The molecule has 0 saturated heterocycles. The molecule has 0 radical (unpaired) electrons. The lowest BCUT2D eigenvalue weighted by molar-refractivity contribution is 0.245. The SMILES string of the molecule is CC(N)C(C)(N)C(C)(C)N.Cl.Cl.Cl. The first-order chi connectivity index (χ1) is 4.19. The molecule has 2 atom stereocenters. The van der Waals surface area contributed by atoms with E-state index in [9.17, 15) is 0 Å². The summed E-state index contributed by atoms with van der Waals surface area (Å²) in [7, 11) is 0. The highest BCUT2D eigenvalue weighted by Crippen LogP contribution is 2.17. The van der Waals surface area contributed by atoms with Crippen LogP contribution in [0, 0.1) is 0 Å². The van der Waals surface area contributed by atoms with Crippen LogP contribution in [0.4, 0.5) is 0 Å². The van der Waals surface area contributed by atoms with Crippen molar-refractivity contribution in [2.24, 2.45) is 17.2 Å². The molecule has 0 spiro atoms. The third kappa shape index (κ3) is 5.94. The normalized spacial score (nSPS) is 16.8. The molecule has 0 aromatic rings. The van der Waals surface area contributed by atoms with Crippen LogP contribution in [0.15, 0.2) is 0 Å². The molecule has 0 aliphatic heterocycles. The number of rotatable bonds is 2. The molecule has 86 valence electrons. The number of nitrogens with two attached hydrogens (primary N) is 3.